The van der Waals surface area contributed by atoms with Gasteiger partial charge in [-0.05, 0) is 24.9 Å². The van der Waals surface area contributed by atoms with Crippen molar-refractivity contribution in [3.63, 3.8) is 0 Å². The van der Waals surface area contributed by atoms with Crippen LogP contribution in [-0.4, -0.2) is 41.7 Å². The molecule has 0 aromatic heterocycles. The van der Waals surface area contributed by atoms with Crippen LogP contribution in [0, 0.1) is 0 Å². The molecule has 1 fully saturated rings. The Morgan fingerprint density at radius 2 is 2.16 bits per heavy atom. The molecule has 1 aliphatic heterocycles. The van der Waals surface area contributed by atoms with Crippen LogP contribution in [-0.2, 0) is 16.1 Å². The number of carbonyl (C=O) groups is 1. The summed E-state index contributed by atoms with van der Waals surface area (Å²) in [6, 6.07) is 10.2. The molecule has 1 heterocycles. The summed E-state index contributed by atoms with van der Waals surface area (Å²) in [5, 5.41) is 8.61. The summed E-state index contributed by atoms with van der Waals surface area (Å²) in [5.74, 6) is -0.712. The summed E-state index contributed by atoms with van der Waals surface area (Å²) in [6.07, 6.45) is 2.30. The minimum absolute atomic E-state index is 0.256. The molecular formula is C15H21NO3. The number of hydrogen-bond donors (Lipinski definition) is 1. The molecular weight excluding hydrogens is 242 g/mol. The summed E-state index contributed by atoms with van der Waals surface area (Å²) in [4.78, 5) is 12.7. The zero-order chi connectivity index (χ0) is 13.5. The van der Waals surface area contributed by atoms with E-state index in [9.17, 15) is 4.79 Å². The van der Waals surface area contributed by atoms with Crippen LogP contribution in [0.5, 0.6) is 0 Å². The summed E-state index contributed by atoms with van der Waals surface area (Å²) in [5.41, 5.74) is 1.20. The van der Waals surface area contributed by atoms with E-state index >= 15 is 0 Å². The van der Waals surface area contributed by atoms with Crippen LogP contribution in [0.1, 0.15) is 24.8 Å². The van der Waals surface area contributed by atoms with Crippen LogP contribution in [0.15, 0.2) is 30.3 Å². The quantitative estimate of drug-likeness (QED) is 0.819. The Balaban J connectivity index is 1.63. The normalized spacial score (nSPS) is 19.7. The Bertz CT molecular complexity index is 394. The molecule has 1 unspecified atom stereocenters. The molecule has 1 atom stereocenters. The number of hydrogen-bond acceptors (Lipinski definition) is 3. The van der Waals surface area contributed by atoms with Gasteiger partial charge in [-0.1, -0.05) is 30.3 Å². The Labute approximate surface area is 114 Å². The topological polar surface area (TPSA) is 49.8 Å². The van der Waals surface area contributed by atoms with E-state index in [-0.39, 0.29) is 12.5 Å². The number of aliphatic carboxylic acids is 1. The zero-order valence-corrected chi connectivity index (χ0v) is 11.1. The third kappa shape index (κ3) is 5.01. The number of carboxylic acids is 1. The van der Waals surface area contributed by atoms with Crippen LogP contribution in [0.2, 0.25) is 0 Å². The smallest absolute Gasteiger partial charge is 0.303 e. The van der Waals surface area contributed by atoms with Gasteiger partial charge in [0.1, 0.15) is 0 Å². The van der Waals surface area contributed by atoms with E-state index in [2.05, 4.69) is 17.0 Å². The highest BCUT2D eigenvalue weighted by molar-refractivity contribution is 5.66. The molecule has 2 rings (SSSR count). The molecule has 0 spiro atoms. The number of carboxylic acid groups (broad SMARTS) is 1. The lowest BCUT2D eigenvalue weighted by molar-refractivity contribution is -0.137. The van der Waals surface area contributed by atoms with E-state index < -0.39 is 5.97 Å². The second-order valence-electron chi connectivity index (χ2n) is 5.01. The van der Waals surface area contributed by atoms with Crippen LogP contribution < -0.4 is 0 Å². The standard InChI is InChI=1S/C15H21NO3/c17-15(18)7-4-9-16-10-8-14(11-16)19-12-13-5-2-1-3-6-13/h1-3,5-6,14H,4,7-12H2,(H,17,18). The summed E-state index contributed by atoms with van der Waals surface area (Å²) < 4.78 is 5.89. The van der Waals surface area contributed by atoms with E-state index in [0.29, 0.717) is 6.61 Å². The Hall–Kier alpha value is -1.39. The van der Waals surface area contributed by atoms with E-state index in [1.807, 2.05) is 18.2 Å². The maximum atomic E-state index is 10.5. The molecule has 1 aromatic carbocycles. The number of benzene rings is 1. The van der Waals surface area contributed by atoms with Crippen LogP contribution in [0.25, 0.3) is 0 Å². The molecule has 1 saturated heterocycles. The molecule has 1 aromatic rings. The van der Waals surface area contributed by atoms with Crippen molar-refractivity contribution in [3.8, 4) is 0 Å². The molecule has 4 nitrogen and oxygen atoms in total. The first-order chi connectivity index (χ1) is 9.24. The fourth-order valence-electron chi connectivity index (χ4n) is 2.38. The average molecular weight is 263 g/mol. The Kier molecular flexibility index (Phi) is 5.36. The molecule has 4 heteroatoms. The van der Waals surface area contributed by atoms with Gasteiger partial charge in [-0.2, -0.15) is 0 Å². The highest BCUT2D eigenvalue weighted by Crippen LogP contribution is 2.15. The average Bonchev–Trinajstić information content (AvgIpc) is 2.85. The number of ether oxygens (including phenoxy) is 1. The van der Waals surface area contributed by atoms with Crippen molar-refractivity contribution >= 4 is 5.97 Å². The van der Waals surface area contributed by atoms with Gasteiger partial charge in [-0.3, -0.25) is 4.79 Å². The van der Waals surface area contributed by atoms with E-state index in [0.717, 1.165) is 32.5 Å². The molecule has 19 heavy (non-hydrogen) atoms. The van der Waals surface area contributed by atoms with Crippen LogP contribution in [0.4, 0.5) is 0 Å². The SMILES string of the molecule is O=C(O)CCCN1CCC(OCc2ccccc2)C1. The molecule has 104 valence electrons. The van der Waals surface area contributed by atoms with Crippen molar-refractivity contribution in [3.05, 3.63) is 35.9 Å². The van der Waals surface area contributed by atoms with Gasteiger partial charge in [-0.15, -0.1) is 0 Å². The molecule has 1 N–H and O–H groups in total. The predicted octanol–water partition coefficient (Wildman–Crippen LogP) is 2.14. The van der Waals surface area contributed by atoms with Crippen LogP contribution >= 0.6 is 0 Å². The lowest BCUT2D eigenvalue weighted by Gasteiger charge is -2.15. The number of likely N-dealkylation sites (tertiary alicyclic amines) is 1. The zero-order valence-electron chi connectivity index (χ0n) is 11.1. The minimum atomic E-state index is -0.712. The van der Waals surface area contributed by atoms with Gasteiger partial charge in [-0.25, -0.2) is 0 Å². The third-order valence-corrected chi connectivity index (χ3v) is 3.42. The minimum Gasteiger partial charge on any atom is -0.481 e. The van der Waals surface area contributed by atoms with Gasteiger partial charge < -0.3 is 14.7 Å². The summed E-state index contributed by atoms with van der Waals surface area (Å²) in [6.45, 7) is 3.46. The first-order valence-corrected chi connectivity index (χ1v) is 6.84. The van der Waals surface area contributed by atoms with Crippen molar-refractivity contribution in [1.82, 2.24) is 4.90 Å². The van der Waals surface area contributed by atoms with E-state index in [1.54, 1.807) is 0 Å². The maximum absolute atomic E-state index is 10.5. The first-order valence-electron chi connectivity index (χ1n) is 6.84. The van der Waals surface area contributed by atoms with Crippen molar-refractivity contribution in [2.24, 2.45) is 0 Å². The molecule has 0 bridgehead atoms. The fourth-order valence-corrected chi connectivity index (χ4v) is 2.38. The lowest BCUT2D eigenvalue weighted by atomic mass is 10.2. The molecule has 0 radical (unpaired) electrons. The van der Waals surface area contributed by atoms with Crippen molar-refractivity contribution < 1.29 is 14.6 Å². The lowest BCUT2D eigenvalue weighted by Crippen LogP contribution is -2.24. The number of rotatable bonds is 7. The highest BCUT2D eigenvalue weighted by atomic mass is 16.5. The third-order valence-electron chi connectivity index (χ3n) is 3.42. The van der Waals surface area contributed by atoms with Crippen molar-refractivity contribution in [2.75, 3.05) is 19.6 Å². The Morgan fingerprint density at radius 3 is 2.89 bits per heavy atom. The van der Waals surface area contributed by atoms with Gasteiger partial charge >= 0.3 is 5.97 Å². The summed E-state index contributed by atoms with van der Waals surface area (Å²) in [7, 11) is 0. The predicted molar refractivity (Wildman–Crippen MR) is 72.9 cm³/mol. The van der Waals surface area contributed by atoms with Gasteiger partial charge in [0.15, 0.2) is 0 Å². The first kappa shape index (κ1) is 14.0. The largest absolute Gasteiger partial charge is 0.481 e. The van der Waals surface area contributed by atoms with E-state index in [1.165, 1.54) is 5.56 Å². The molecule has 0 saturated carbocycles. The highest BCUT2D eigenvalue weighted by Gasteiger charge is 2.22. The van der Waals surface area contributed by atoms with Crippen molar-refractivity contribution in [1.29, 1.82) is 0 Å². The Morgan fingerprint density at radius 1 is 1.37 bits per heavy atom. The second-order valence-corrected chi connectivity index (χ2v) is 5.01. The fraction of sp³-hybridized carbons (Fsp3) is 0.533. The van der Waals surface area contributed by atoms with Gasteiger partial charge in [0.25, 0.3) is 0 Å². The van der Waals surface area contributed by atoms with Crippen molar-refractivity contribution in [2.45, 2.75) is 32.0 Å². The maximum Gasteiger partial charge on any atom is 0.303 e. The van der Waals surface area contributed by atoms with Gasteiger partial charge in [0.2, 0.25) is 0 Å². The molecule has 0 aliphatic carbocycles. The summed E-state index contributed by atoms with van der Waals surface area (Å²) >= 11 is 0. The van der Waals surface area contributed by atoms with Gasteiger partial charge in [0.05, 0.1) is 12.7 Å². The van der Waals surface area contributed by atoms with Gasteiger partial charge in [0, 0.05) is 19.5 Å². The molecule has 1 aliphatic rings. The second kappa shape index (κ2) is 7.26. The monoisotopic (exact) mass is 263 g/mol. The van der Waals surface area contributed by atoms with Crippen LogP contribution in [0.3, 0.4) is 0 Å². The molecule has 0 amide bonds. The van der Waals surface area contributed by atoms with E-state index in [4.69, 9.17) is 9.84 Å². The number of nitrogens with zero attached hydrogens (tertiary/aromatic N) is 1.